The third-order valence-electron chi connectivity index (χ3n) is 6.81. The van der Waals surface area contributed by atoms with Crippen molar-refractivity contribution in [3.63, 3.8) is 0 Å². The highest BCUT2D eigenvalue weighted by Crippen LogP contribution is 2.32. The zero-order valence-corrected chi connectivity index (χ0v) is 18.7. The number of anilines is 2. The highest BCUT2D eigenvalue weighted by Gasteiger charge is 2.31. The molecule has 1 aliphatic heterocycles. The molecule has 5 rings (SSSR count). The Kier molecular flexibility index (Phi) is 5.33. The number of aryl methyl sites for hydroxylation is 1. The van der Waals surface area contributed by atoms with E-state index in [1.54, 1.807) is 0 Å². The molecular formula is C27H29N3O2. The fourth-order valence-corrected chi connectivity index (χ4v) is 4.50. The molecule has 3 aromatic rings. The Hall–Kier alpha value is -3.34. The summed E-state index contributed by atoms with van der Waals surface area (Å²) >= 11 is 0. The molecule has 1 heterocycles. The number of hydrogen-bond donors (Lipinski definition) is 1. The lowest BCUT2D eigenvalue weighted by atomic mass is 10.0. The third-order valence-corrected chi connectivity index (χ3v) is 6.81. The number of nitrogens with zero attached hydrogens (tertiary/aromatic N) is 2. The monoisotopic (exact) mass is 427 g/mol. The molecule has 2 amide bonds. The van der Waals surface area contributed by atoms with Crippen LogP contribution in [0.4, 0.5) is 11.4 Å². The smallest absolute Gasteiger partial charge is 0.256 e. The van der Waals surface area contributed by atoms with Crippen molar-refractivity contribution >= 4 is 34.0 Å². The fourth-order valence-electron chi connectivity index (χ4n) is 4.50. The maximum absolute atomic E-state index is 13.6. The maximum atomic E-state index is 13.6. The van der Waals surface area contributed by atoms with Gasteiger partial charge in [-0.05, 0) is 66.8 Å². The predicted molar refractivity (Wildman–Crippen MR) is 129 cm³/mol. The largest absolute Gasteiger partial charge is 0.368 e. The van der Waals surface area contributed by atoms with Crippen LogP contribution in [0.1, 0.15) is 34.3 Å². The molecule has 32 heavy (non-hydrogen) atoms. The van der Waals surface area contributed by atoms with Gasteiger partial charge in [0.05, 0.1) is 11.3 Å². The van der Waals surface area contributed by atoms with E-state index in [9.17, 15) is 9.59 Å². The molecule has 0 bridgehead atoms. The van der Waals surface area contributed by atoms with E-state index in [1.807, 2.05) is 41.3 Å². The summed E-state index contributed by atoms with van der Waals surface area (Å²) in [6, 6.07) is 18.2. The Morgan fingerprint density at radius 3 is 2.25 bits per heavy atom. The first-order valence-corrected chi connectivity index (χ1v) is 11.5. The number of fused-ring (bicyclic) bond motifs is 1. The van der Waals surface area contributed by atoms with Gasteiger partial charge in [-0.1, -0.05) is 36.4 Å². The van der Waals surface area contributed by atoms with Crippen molar-refractivity contribution < 1.29 is 9.59 Å². The van der Waals surface area contributed by atoms with Crippen molar-refractivity contribution in [1.82, 2.24) is 4.90 Å². The van der Waals surface area contributed by atoms with Crippen LogP contribution >= 0.6 is 0 Å². The zero-order chi connectivity index (χ0) is 22.2. The summed E-state index contributed by atoms with van der Waals surface area (Å²) in [5.41, 5.74) is 5.04. The molecular weight excluding hydrogens is 398 g/mol. The number of hydrogen-bond acceptors (Lipinski definition) is 3. The fraction of sp³-hybridized carbons (Fsp3) is 0.333. The summed E-state index contributed by atoms with van der Waals surface area (Å²) in [6.45, 7) is 7.22. The minimum absolute atomic E-state index is 0.0116. The average molecular weight is 428 g/mol. The van der Waals surface area contributed by atoms with Gasteiger partial charge in [0.25, 0.3) is 5.91 Å². The summed E-state index contributed by atoms with van der Waals surface area (Å²) in [6.07, 6.45) is 1.87. The van der Waals surface area contributed by atoms with Crippen molar-refractivity contribution in [2.75, 3.05) is 36.4 Å². The van der Waals surface area contributed by atoms with E-state index in [1.165, 1.54) is 16.8 Å². The Bertz CT molecular complexity index is 1190. The molecule has 1 saturated carbocycles. The molecule has 0 atom stereocenters. The maximum Gasteiger partial charge on any atom is 0.256 e. The molecule has 0 radical (unpaired) electrons. The van der Waals surface area contributed by atoms with Gasteiger partial charge in [-0.2, -0.15) is 0 Å². The molecule has 1 N–H and O–H groups in total. The number of benzene rings is 3. The summed E-state index contributed by atoms with van der Waals surface area (Å²) in [7, 11) is 0. The van der Waals surface area contributed by atoms with Gasteiger partial charge in [0.15, 0.2) is 0 Å². The van der Waals surface area contributed by atoms with E-state index < -0.39 is 0 Å². The lowest BCUT2D eigenvalue weighted by Crippen LogP contribution is -2.49. The standard InChI is InChI=1S/C27H29N3O2/c1-18-6-5-9-25(19(18)2)29-12-14-30(15-13-29)27(32)23-16-21-7-3-4-8-22(21)17-24(23)28-26(31)20-10-11-20/h3-9,16-17,20H,10-15H2,1-2H3,(H,28,31). The van der Waals surface area contributed by atoms with Crippen LogP contribution in [0.2, 0.25) is 0 Å². The van der Waals surface area contributed by atoms with Gasteiger partial charge in [-0.3, -0.25) is 9.59 Å². The van der Waals surface area contributed by atoms with Gasteiger partial charge >= 0.3 is 0 Å². The number of amides is 2. The SMILES string of the molecule is Cc1cccc(N2CCN(C(=O)c3cc4ccccc4cc3NC(=O)C3CC3)CC2)c1C. The van der Waals surface area contributed by atoms with Crippen molar-refractivity contribution in [3.05, 3.63) is 71.3 Å². The van der Waals surface area contributed by atoms with Gasteiger partial charge in [0, 0.05) is 37.8 Å². The van der Waals surface area contributed by atoms with E-state index in [4.69, 9.17) is 0 Å². The first-order chi connectivity index (χ1) is 15.5. The zero-order valence-electron chi connectivity index (χ0n) is 18.7. The lowest BCUT2D eigenvalue weighted by molar-refractivity contribution is -0.117. The van der Waals surface area contributed by atoms with Crippen LogP contribution in [0.15, 0.2) is 54.6 Å². The second-order valence-electron chi connectivity index (χ2n) is 9.01. The number of rotatable bonds is 4. The van der Waals surface area contributed by atoms with E-state index >= 15 is 0 Å². The second kappa shape index (κ2) is 8.30. The Labute approximate surface area is 189 Å². The van der Waals surface area contributed by atoms with Crippen LogP contribution in [0, 0.1) is 19.8 Å². The molecule has 2 aliphatic rings. The average Bonchev–Trinajstić information content (AvgIpc) is 3.66. The Morgan fingerprint density at radius 2 is 1.56 bits per heavy atom. The van der Waals surface area contributed by atoms with Gasteiger partial charge in [-0.25, -0.2) is 0 Å². The first kappa shape index (κ1) is 20.6. The van der Waals surface area contributed by atoms with Crippen molar-refractivity contribution in [1.29, 1.82) is 0 Å². The van der Waals surface area contributed by atoms with Gasteiger partial charge in [-0.15, -0.1) is 0 Å². The minimum atomic E-state index is -0.0116. The van der Waals surface area contributed by atoms with Crippen LogP contribution < -0.4 is 10.2 Å². The van der Waals surface area contributed by atoms with E-state index in [-0.39, 0.29) is 17.7 Å². The first-order valence-electron chi connectivity index (χ1n) is 11.5. The van der Waals surface area contributed by atoms with E-state index in [0.717, 1.165) is 36.7 Å². The van der Waals surface area contributed by atoms with E-state index in [0.29, 0.717) is 24.3 Å². The molecule has 0 unspecified atom stereocenters. The minimum Gasteiger partial charge on any atom is -0.368 e. The molecule has 1 aliphatic carbocycles. The number of piperazine rings is 1. The predicted octanol–water partition coefficient (Wildman–Crippen LogP) is 4.77. The quantitative estimate of drug-likeness (QED) is 0.653. The van der Waals surface area contributed by atoms with Crippen LogP contribution in [0.3, 0.4) is 0 Å². The highest BCUT2D eigenvalue weighted by molar-refractivity contribution is 6.08. The molecule has 164 valence electrons. The van der Waals surface area contributed by atoms with Crippen LogP contribution in [0.25, 0.3) is 10.8 Å². The molecule has 0 spiro atoms. The molecule has 2 fully saturated rings. The molecule has 5 heteroatoms. The van der Waals surface area contributed by atoms with Crippen molar-refractivity contribution in [3.8, 4) is 0 Å². The van der Waals surface area contributed by atoms with Crippen molar-refractivity contribution in [2.45, 2.75) is 26.7 Å². The number of carbonyl (C=O) groups is 2. The summed E-state index contributed by atoms with van der Waals surface area (Å²) in [5.74, 6) is 0.0991. The third kappa shape index (κ3) is 3.95. The van der Waals surface area contributed by atoms with E-state index in [2.05, 4.69) is 42.3 Å². The number of carbonyl (C=O) groups excluding carboxylic acids is 2. The summed E-state index contributed by atoms with van der Waals surface area (Å²) < 4.78 is 0. The molecule has 0 aromatic heterocycles. The Balaban J connectivity index is 1.38. The topological polar surface area (TPSA) is 52.6 Å². The molecule has 3 aromatic carbocycles. The number of nitrogens with one attached hydrogen (secondary N) is 1. The molecule has 1 saturated heterocycles. The van der Waals surface area contributed by atoms with Gasteiger partial charge < -0.3 is 15.1 Å². The second-order valence-corrected chi connectivity index (χ2v) is 9.01. The van der Waals surface area contributed by atoms with Crippen molar-refractivity contribution in [2.24, 2.45) is 5.92 Å². The van der Waals surface area contributed by atoms with Crippen LogP contribution in [0.5, 0.6) is 0 Å². The lowest BCUT2D eigenvalue weighted by Gasteiger charge is -2.37. The normalized spacial score (nSPS) is 16.3. The van der Waals surface area contributed by atoms with Gasteiger partial charge in [0.1, 0.15) is 0 Å². The summed E-state index contributed by atoms with van der Waals surface area (Å²) in [5, 5.41) is 5.07. The Morgan fingerprint density at radius 1 is 0.875 bits per heavy atom. The van der Waals surface area contributed by atoms with Crippen LogP contribution in [-0.2, 0) is 4.79 Å². The molecule has 5 nitrogen and oxygen atoms in total. The van der Waals surface area contributed by atoms with Crippen LogP contribution in [-0.4, -0.2) is 42.9 Å². The highest BCUT2D eigenvalue weighted by atomic mass is 16.2. The summed E-state index contributed by atoms with van der Waals surface area (Å²) in [4.78, 5) is 30.3. The van der Waals surface area contributed by atoms with Gasteiger partial charge in [0.2, 0.25) is 5.91 Å².